The topological polar surface area (TPSA) is 105 Å². The summed E-state index contributed by atoms with van der Waals surface area (Å²) in [4.78, 5) is 37.1. The second-order valence-electron chi connectivity index (χ2n) is 10.0. The molecule has 2 amide bonds. The number of carboxylic acid groups (broad SMARTS) is 1. The van der Waals surface area contributed by atoms with Crippen LogP contribution in [0.15, 0.2) is 48.5 Å². The van der Waals surface area contributed by atoms with Gasteiger partial charge in [0, 0.05) is 12.5 Å². The fourth-order valence-corrected chi connectivity index (χ4v) is 5.45. The first kappa shape index (κ1) is 24.8. The van der Waals surface area contributed by atoms with Crippen LogP contribution in [-0.4, -0.2) is 42.3 Å². The molecule has 7 nitrogen and oxygen atoms in total. The Balaban J connectivity index is 1.36. The number of fused-ring (bicyclic) bond motifs is 3. The predicted octanol–water partition coefficient (Wildman–Crippen LogP) is 4.56. The molecule has 1 saturated carbocycles. The highest BCUT2D eigenvalue weighted by Gasteiger charge is 2.34. The summed E-state index contributed by atoms with van der Waals surface area (Å²) < 4.78 is 5.62. The van der Waals surface area contributed by atoms with E-state index in [0.29, 0.717) is 19.4 Å². The van der Waals surface area contributed by atoms with E-state index in [4.69, 9.17) is 4.74 Å². The van der Waals surface area contributed by atoms with Crippen LogP contribution in [0.5, 0.6) is 0 Å². The average Bonchev–Trinajstić information content (AvgIpc) is 3.43. The first-order chi connectivity index (χ1) is 16.8. The molecule has 0 spiro atoms. The number of benzene rings is 2. The van der Waals surface area contributed by atoms with Crippen molar-refractivity contribution in [1.29, 1.82) is 0 Å². The Morgan fingerprint density at radius 3 is 2.23 bits per heavy atom. The lowest BCUT2D eigenvalue weighted by Gasteiger charge is -2.23. The van der Waals surface area contributed by atoms with Gasteiger partial charge in [-0.25, -0.2) is 4.79 Å². The first-order valence-electron chi connectivity index (χ1n) is 12.5. The van der Waals surface area contributed by atoms with Crippen molar-refractivity contribution in [3.63, 3.8) is 0 Å². The standard InChI is InChI=1S/C28H34N2O5/c1-17(2)14-25(26(31)29-15-18-8-7-13-19(18)27(32)33)30-28(34)35-16-24-22-11-5-3-9-20(22)21-10-4-6-12-23(21)24/h3-6,9-12,17-19,24-25H,7-8,13-16H2,1-2H3,(H,29,31)(H,30,34)(H,32,33)/t18?,19?,25-/m1/s1. The van der Waals surface area contributed by atoms with Crippen LogP contribution >= 0.6 is 0 Å². The van der Waals surface area contributed by atoms with Crippen molar-refractivity contribution < 1.29 is 24.2 Å². The summed E-state index contributed by atoms with van der Waals surface area (Å²) in [7, 11) is 0. The van der Waals surface area contributed by atoms with Gasteiger partial charge in [-0.15, -0.1) is 0 Å². The monoisotopic (exact) mass is 478 g/mol. The molecule has 3 atom stereocenters. The lowest BCUT2D eigenvalue weighted by atomic mass is 9.96. The van der Waals surface area contributed by atoms with E-state index >= 15 is 0 Å². The molecule has 2 unspecified atom stereocenters. The van der Waals surface area contributed by atoms with Gasteiger partial charge in [0.05, 0.1) is 5.92 Å². The number of ether oxygens (including phenoxy) is 1. The van der Waals surface area contributed by atoms with Crippen LogP contribution in [-0.2, 0) is 14.3 Å². The van der Waals surface area contributed by atoms with Gasteiger partial charge in [-0.2, -0.15) is 0 Å². The largest absolute Gasteiger partial charge is 0.481 e. The van der Waals surface area contributed by atoms with Gasteiger partial charge in [-0.3, -0.25) is 9.59 Å². The van der Waals surface area contributed by atoms with Gasteiger partial charge >= 0.3 is 12.1 Å². The molecule has 186 valence electrons. The summed E-state index contributed by atoms with van der Waals surface area (Å²) >= 11 is 0. The molecule has 0 saturated heterocycles. The molecule has 7 heteroatoms. The fraction of sp³-hybridized carbons (Fsp3) is 0.464. The van der Waals surface area contributed by atoms with Crippen LogP contribution in [0.25, 0.3) is 11.1 Å². The van der Waals surface area contributed by atoms with E-state index in [1.165, 1.54) is 0 Å². The number of nitrogens with one attached hydrogen (secondary N) is 2. The maximum Gasteiger partial charge on any atom is 0.407 e. The Bertz CT molecular complexity index is 1040. The van der Waals surface area contributed by atoms with Gasteiger partial charge in [-0.1, -0.05) is 68.8 Å². The van der Waals surface area contributed by atoms with Gasteiger partial charge in [0.25, 0.3) is 0 Å². The highest BCUT2D eigenvalue weighted by atomic mass is 16.5. The van der Waals surface area contributed by atoms with Gasteiger partial charge in [0.15, 0.2) is 0 Å². The lowest BCUT2D eigenvalue weighted by Crippen LogP contribution is -2.49. The molecule has 1 fully saturated rings. The molecular weight excluding hydrogens is 444 g/mol. The third kappa shape index (κ3) is 5.66. The molecule has 3 N–H and O–H groups in total. The zero-order valence-corrected chi connectivity index (χ0v) is 20.3. The maximum absolute atomic E-state index is 12.9. The maximum atomic E-state index is 12.9. The summed E-state index contributed by atoms with van der Waals surface area (Å²) in [6, 6.07) is 15.5. The van der Waals surface area contributed by atoms with Gasteiger partial charge < -0.3 is 20.5 Å². The van der Waals surface area contributed by atoms with Crippen molar-refractivity contribution in [1.82, 2.24) is 10.6 Å². The number of carboxylic acids is 1. The number of rotatable bonds is 9. The quantitative estimate of drug-likeness (QED) is 0.490. The van der Waals surface area contributed by atoms with Crippen LogP contribution in [0, 0.1) is 17.8 Å². The molecule has 35 heavy (non-hydrogen) atoms. The van der Waals surface area contributed by atoms with Crippen molar-refractivity contribution in [2.24, 2.45) is 17.8 Å². The zero-order valence-electron chi connectivity index (χ0n) is 20.3. The number of alkyl carbamates (subject to hydrolysis) is 1. The van der Waals surface area contributed by atoms with E-state index in [1.807, 2.05) is 38.1 Å². The predicted molar refractivity (Wildman–Crippen MR) is 133 cm³/mol. The van der Waals surface area contributed by atoms with Crippen LogP contribution < -0.4 is 10.6 Å². The molecule has 2 aromatic rings. The molecule has 0 aliphatic heterocycles. The molecule has 0 aromatic heterocycles. The van der Waals surface area contributed by atoms with Crippen LogP contribution in [0.4, 0.5) is 4.79 Å². The van der Waals surface area contributed by atoms with E-state index in [9.17, 15) is 19.5 Å². The van der Waals surface area contributed by atoms with Crippen molar-refractivity contribution in [2.45, 2.75) is 51.5 Å². The van der Waals surface area contributed by atoms with Crippen molar-refractivity contribution in [2.75, 3.05) is 13.2 Å². The lowest BCUT2D eigenvalue weighted by molar-refractivity contribution is -0.143. The zero-order chi connectivity index (χ0) is 24.9. The van der Waals surface area contributed by atoms with Crippen molar-refractivity contribution in [3.8, 4) is 11.1 Å². The van der Waals surface area contributed by atoms with Gasteiger partial charge in [0.2, 0.25) is 5.91 Å². The molecule has 2 aliphatic carbocycles. The molecule has 0 bridgehead atoms. The smallest absolute Gasteiger partial charge is 0.407 e. The molecule has 0 radical (unpaired) electrons. The summed E-state index contributed by atoms with van der Waals surface area (Å²) in [6.07, 6.45) is 2.11. The Labute approximate surface area is 206 Å². The number of carbonyl (C=O) groups excluding carboxylic acids is 2. The summed E-state index contributed by atoms with van der Waals surface area (Å²) in [6.45, 7) is 4.45. The van der Waals surface area contributed by atoms with E-state index in [-0.39, 0.29) is 30.3 Å². The van der Waals surface area contributed by atoms with E-state index < -0.39 is 24.0 Å². The van der Waals surface area contributed by atoms with Crippen molar-refractivity contribution in [3.05, 3.63) is 59.7 Å². The van der Waals surface area contributed by atoms with Crippen LogP contribution in [0.2, 0.25) is 0 Å². The second kappa shape index (κ2) is 10.9. The van der Waals surface area contributed by atoms with Gasteiger partial charge in [-0.05, 0) is 53.4 Å². The van der Waals surface area contributed by atoms with Gasteiger partial charge in [0.1, 0.15) is 12.6 Å². The summed E-state index contributed by atoms with van der Waals surface area (Å²) in [5.74, 6) is -1.49. The van der Waals surface area contributed by atoms with E-state index in [0.717, 1.165) is 35.1 Å². The van der Waals surface area contributed by atoms with Crippen LogP contribution in [0.1, 0.15) is 56.6 Å². The number of amides is 2. The van der Waals surface area contributed by atoms with Crippen molar-refractivity contribution >= 4 is 18.0 Å². The van der Waals surface area contributed by atoms with Crippen LogP contribution in [0.3, 0.4) is 0 Å². The highest BCUT2D eigenvalue weighted by molar-refractivity contribution is 5.86. The second-order valence-corrected chi connectivity index (χ2v) is 10.0. The number of aliphatic carboxylic acids is 1. The Kier molecular flexibility index (Phi) is 7.73. The minimum atomic E-state index is -0.808. The summed E-state index contributed by atoms with van der Waals surface area (Å²) in [5, 5.41) is 15.0. The average molecular weight is 479 g/mol. The van der Waals surface area contributed by atoms with E-state index in [2.05, 4.69) is 34.9 Å². The number of hydrogen-bond acceptors (Lipinski definition) is 4. The molecule has 2 aromatic carbocycles. The number of hydrogen-bond donors (Lipinski definition) is 3. The first-order valence-corrected chi connectivity index (χ1v) is 12.5. The molecule has 0 heterocycles. The minimum Gasteiger partial charge on any atom is -0.481 e. The SMILES string of the molecule is CC(C)C[C@@H](NC(=O)OCC1c2ccccc2-c2ccccc21)C(=O)NCC1CCCC1C(=O)O. The normalized spacial score (nSPS) is 19.6. The Morgan fingerprint density at radius 1 is 1.00 bits per heavy atom. The molecule has 2 aliphatic rings. The Hall–Kier alpha value is -3.35. The molecule has 4 rings (SSSR count). The number of carbonyl (C=O) groups is 3. The third-order valence-corrected chi connectivity index (χ3v) is 7.17. The fourth-order valence-electron chi connectivity index (χ4n) is 5.45. The van der Waals surface area contributed by atoms with E-state index in [1.54, 1.807) is 0 Å². The highest BCUT2D eigenvalue weighted by Crippen LogP contribution is 2.44. The Morgan fingerprint density at radius 2 is 1.63 bits per heavy atom. The third-order valence-electron chi connectivity index (χ3n) is 7.17. The minimum absolute atomic E-state index is 0.0548. The summed E-state index contributed by atoms with van der Waals surface area (Å²) in [5.41, 5.74) is 4.56. The molecular formula is C28H34N2O5.